The van der Waals surface area contributed by atoms with Crippen LogP contribution in [0.1, 0.15) is 18.4 Å². The molecule has 3 rings (SSSR count). The summed E-state index contributed by atoms with van der Waals surface area (Å²) >= 11 is 5.21. The summed E-state index contributed by atoms with van der Waals surface area (Å²) in [6.45, 7) is 1.38. The van der Waals surface area contributed by atoms with Crippen molar-refractivity contribution >= 4 is 28.9 Å². The van der Waals surface area contributed by atoms with Crippen LogP contribution >= 0.6 is 12.2 Å². The Balaban J connectivity index is 1.42. The molecule has 148 valence electrons. The fourth-order valence-corrected chi connectivity index (χ4v) is 3.09. The Hall–Kier alpha value is -2.64. The highest BCUT2D eigenvalue weighted by atomic mass is 32.1. The van der Waals surface area contributed by atoms with Gasteiger partial charge in [0.05, 0.1) is 19.6 Å². The van der Waals surface area contributed by atoms with Gasteiger partial charge in [-0.15, -0.1) is 0 Å². The summed E-state index contributed by atoms with van der Waals surface area (Å²) in [5, 5.41) is 5.94. The molecule has 1 saturated heterocycles. The highest BCUT2D eigenvalue weighted by Gasteiger charge is 2.15. The summed E-state index contributed by atoms with van der Waals surface area (Å²) < 4.78 is 16.4. The number of carbonyl (C=O) groups is 1. The van der Waals surface area contributed by atoms with E-state index in [1.54, 1.807) is 7.11 Å². The average Bonchev–Trinajstić information content (AvgIpc) is 3.21. The fraction of sp³-hybridized carbons (Fsp3) is 0.333. The standard InChI is InChI=1S/C21H24N2O4S/c1-25-17-8-4-15(5-9-17)13-20(24)23-21(28)22-16-6-10-18(11-7-16)27-14-19-3-2-12-26-19/h4-11,19H,2-3,12-14H2,1H3,(H2,22,23,24,28)/t19-/m1/s1. The van der Waals surface area contributed by atoms with Gasteiger partial charge in [0, 0.05) is 12.3 Å². The number of ether oxygens (including phenoxy) is 3. The van der Waals surface area contributed by atoms with E-state index in [-0.39, 0.29) is 23.5 Å². The summed E-state index contributed by atoms with van der Waals surface area (Å²) in [6.07, 6.45) is 2.57. The van der Waals surface area contributed by atoms with Gasteiger partial charge in [-0.2, -0.15) is 0 Å². The lowest BCUT2D eigenvalue weighted by Crippen LogP contribution is -2.35. The van der Waals surface area contributed by atoms with Gasteiger partial charge in [-0.1, -0.05) is 12.1 Å². The second-order valence-electron chi connectivity index (χ2n) is 6.50. The molecule has 1 atom stereocenters. The Labute approximate surface area is 170 Å². The zero-order valence-corrected chi connectivity index (χ0v) is 16.6. The molecule has 6 nitrogen and oxygen atoms in total. The molecular weight excluding hydrogens is 376 g/mol. The van der Waals surface area contributed by atoms with Crippen LogP contribution in [-0.4, -0.2) is 37.4 Å². The predicted octanol–water partition coefficient (Wildman–Crippen LogP) is 3.31. The van der Waals surface area contributed by atoms with Crippen LogP contribution in [0.5, 0.6) is 11.5 Å². The van der Waals surface area contributed by atoms with Crippen LogP contribution in [0.2, 0.25) is 0 Å². The monoisotopic (exact) mass is 400 g/mol. The molecule has 2 aromatic rings. The van der Waals surface area contributed by atoms with Gasteiger partial charge in [0.15, 0.2) is 5.11 Å². The molecular formula is C21H24N2O4S. The summed E-state index contributed by atoms with van der Waals surface area (Å²) in [7, 11) is 1.61. The van der Waals surface area contributed by atoms with E-state index < -0.39 is 0 Å². The molecule has 0 spiro atoms. The van der Waals surface area contributed by atoms with Crippen LogP contribution in [0.3, 0.4) is 0 Å². The first kappa shape index (κ1) is 20.1. The van der Waals surface area contributed by atoms with Gasteiger partial charge in [0.2, 0.25) is 5.91 Å². The maximum atomic E-state index is 12.1. The molecule has 0 saturated carbocycles. The van der Waals surface area contributed by atoms with Crippen molar-refractivity contribution in [3.8, 4) is 11.5 Å². The smallest absolute Gasteiger partial charge is 0.230 e. The van der Waals surface area contributed by atoms with Crippen LogP contribution in [-0.2, 0) is 16.0 Å². The SMILES string of the molecule is COc1ccc(CC(=O)NC(=S)Nc2ccc(OC[C@H]3CCCO3)cc2)cc1. The highest BCUT2D eigenvalue weighted by Crippen LogP contribution is 2.18. The van der Waals surface area contributed by atoms with Gasteiger partial charge < -0.3 is 24.8 Å². The van der Waals surface area contributed by atoms with E-state index in [2.05, 4.69) is 10.6 Å². The molecule has 0 unspecified atom stereocenters. The topological polar surface area (TPSA) is 68.8 Å². The fourth-order valence-electron chi connectivity index (χ4n) is 2.86. The largest absolute Gasteiger partial charge is 0.497 e. The number of amides is 1. The van der Waals surface area contributed by atoms with Gasteiger partial charge in [0.25, 0.3) is 0 Å². The molecule has 2 N–H and O–H groups in total. The molecule has 1 amide bonds. The van der Waals surface area contributed by atoms with Gasteiger partial charge in [-0.05, 0) is 67.0 Å². The summed E-state index contributed by atoms with van der Waals surface area (Å²) in [5.41, 5.74) is 1.66. The van der Waals surface area contributed by atoms with Crippen LogP contribution in [0.15, 0.2) is 48.5 Å². The van der Waals surface area contributed by atoms with Crippen molar-refractivity contribution in [1.82, 2.24) is 5.32 Å². The Morgan fingerprint density at radius 2 is 1.86 bits per heavy atom. The number of carbonyl (C=O) groups excluding carboxylic acids is 1. The highest BCUT2D eigenvalue weighted by molar-refractivity contribution is 7.80. The van der Waals surface area contributed by atoms with Crippen molar-refractivity contribution < 1.29 is 19.0 Å². The van der Waals surface area contributed by atoms with Crippen molar-refractivity contribution in [3.05, 3.63) is 54.1 Å². The number of thiocarbonyl (C=S) groups is 1. The van der Waals surface area contributed by atoms with Crippen molar-refractivity contribution in [2.24, 2.45) is 0 Å². The number of rotatable bonds is 7. The number of hydrogen-bond acceptors (Lipinski definition) is 5. The Kier molecular flexibility index (Phi) is 7.22. The maximum Gasteiger partial charge on any atom is 0.230 e. The molecule has 0 aliphatic carbocycles. The zero-order valence-electron chi connectivity index (χ0n) is 15.8. The van der Waals surface area contributed by atoms with Gasteiger partial charge in [-0.3, -0.25) is 4.79 Å². The lowest BCUT2D eigenvalue weighted by atomic mass is 10.1. The number of nitrogens with one attached hydrogen (secondary N) is 2. The summed E-state index contributed by atoms with van der Waals surface area (Å²) in [6, 6.07) is 14.8. The second-order valence-corrected chi connectivity index (χ2v) is 6.91. The van der Waals surface area contributed by atoms with Crippen molar-refractivity contribution in [1.29, 1.82) is 0 Å². The van der Waals surface area contributed by atoms with E-state index in [4.69, 9.17) is 26.4 Å². The first-order valence-corrected chi connectivity index (χ1v) is 9.61. The molecule has 0 radical (unpaired) electrons. The Morgan fingerprint density at radius 3 is 2.50 bits per heavy atom. The van der Waals surface area contributed by atoms with Crippen molar-refractivity contribution in [2.75, 3.05) is 25.6 Å². The van der Waals surface area contributed by atoms with E-state index >= 15 is 0 Å². The van der Waals surface area contributed by atoms with E-state index in [9.17, 15) is 4.79 Å². The number of benzene rings is 2. The molecule has 0 aromatic heterocycles. The van der Waals surface area contributed by atoms with E-state index in [1.165, 1.54) is 0 Å². The van der Waals surface area contributed by atoms with Crippen molar-refractivity contribution in [3.63, 3.8) is 0 Å². The van der Waals surface area contributed by atoms with E-state index in [0.717, 1.165) is 42.2 Å². The molecule has 28 heavy (non-hydrogen) atoms. The van der Waals surface area contributed by atoms with Crippen molar-refractivity contribution in [2.45, 2.75) is 25.4 Å². The van der Waals surface area contributed by atoms with E-state index in [1.807, 2.05) is 48.5 Å². The van der Waals surface area contributed by atoms with Gasteiger partial charge in [0.1, 0.15) is 18.1 Å². The lowest BCUT2D eigenvalue weighted by Gasteiger charge is -2.13. The molecule has 7 heteroatoms. The zero-order chi connectivity index (χ0) is 19.8. The lowest BCUT2D eigenvalue weighted by molar-refractivity contribution is -0.119. The molecule has 1 aliphatic rings. The molecule has 1 aliphatic heterocycles. The number of hydrogen-bond donors (Lipinski definition) is 2. The van der Waals surface area contributed by atoms with Crippen LogP contribution in [0.4, 0.5) is 5.69 Å². The van der Waals surface area contributed by atoms with Crippen LogP contribution < -0.4 is 20.1 Å². The van der Waals surface area contributed by atoms with Gasteiger partial charge >= 0.3 is 0 Å². The minimum atomic E-state index is -0.181. The summed E-state index contributed by atoms with van der Waals surface area (Å²) in [5.74, 6) is 1.35. The molecule has 2 aromatic carbocycles. The average molecular weight is 401 g/mol. The van der Waals surface area contributed by atoms with Gasteiger partial charge in [-0.25, -0.2) is 0 Å². The first-order valence-electron chi connectivity index (χ1n) is 9.20. The third-order valence-electron chi connectivity index (χ3n) is 4.35. The Bertz CT molecular complexity index is 787. The first-order chi connectivity index (χ1) is 13.6. The predicted molar refractivity (Wildman–Crippen MR) is 112 cm³/mol. The number of anilines is 1. The third-order valence-corrected chi connectivity index (χ3v) is 4.55. The van der Waals surface area contributed by atoms with Crippen LogP contribution in [0.25, 0.3) is 0 Å². The maximum absolute atomic E-state index is 12.1. The normalized spacial score (nSPS) is 15.7. The molecule has 1 fully saturated rings. The summed E-state index contributed by atoms with van der Waals surface area (Å²) in [4.78, 5) is 12.1. The minimum absolute atomic E-state index is 0.181. The Morgan fingerprint density at radius 1 is 1.14 bits per heavy atom. The quantitative estimate of drug-likeness (QED) is 0.695. The second kappa shape index (κ2) is 10.1. The van der Waals surface area contributed by atoms with E-state index in [0.29, 0.717) is 6.61 Å². The number of methoxy groups -OCH3 is 1. The molecule has 0 bridgehead atoms. The van der Waals surface area contributed by atoms with Crippen LogP contribution in [0, 0.1) is 0 Å². The minimum Gasteiger partial charge on any atom is -0.497 e. The molecule has 1 heterocycles. The third kappa shape index (κ3) is 6.21.